The lowest BCUT2D eigenvalue weighted by atomic mass is 9.62. The van der Waals surface area contributed by atoms with E-state index in [1.165, 1.54) is 0 Å². The molecule has 0 unspecified atom stereocenters. The molecule has 0 aromatic carbocycles. The smallest absolute Gasteiger partial charge is 0.310 e. The summed E-state index contributed by atoms with van der Waals surface area (Å²) in [5.41, 5.74) is 0. The first-order valence-electron chi connectivity index (χ1n) is 5.73. The Balaban J connectivity index is 2.24. The van der Waals surface area contributed by atoms with Crippen LogP contribution in [0.3, 0.4) is 0 Å². The minimum absolute atomic E-state index is 0.00286. The third kappa shape index (κ3) is 1.72. The Morgan fingerprint density at radius 1 is 1.25 bits per heavy atom. The molecule has 0 saturated heterocycles. The van der Waals surface area contributed by atoms with Crippen LogP contribution in [0.15, 0.2) is 12.2 Å². The Hall–Kier alpha value is -1.32. The fourth-order valence-electron chi connectivity index (χ4n) is 2.89. The lowest BCUT2D eigenvalue weighted by Crippen LogP contribution is -2.45. The van der Waals surface area contributed by atoms with Gasteiger partial charge in [-0.2, -0.15) is 0 Å². The van der Waals surface area contributed by atoms with Crippen molar-refractivity contribution >= 4 is 11.9 Å². The number of ether oxygens (including phenoxy) is 1. The molecule has 0 aliphatic heterocycles. The van der Waals surface area contributed by atoms with Gasteiger partial charge in [0, 0.05) is 0 Å². The first-order chi connectivity index (χ1) is 7.65. The van der Waals surface area contributed by atoms with Gasteiger partial charge in [0.15, 0.2) is 0 Å². The van der Waals surface area contributed by atoms with Crippen molar-refractivity contribution in [2.24, 2.45) is 23.7 Å². The van der Waals surface area contributed by atoms with Gasteiger partial charge in [-0.1, -0.05) is 12.2 Å². The molecular formula is C12H16O4. The average molecular weight is 224 g/mol. The highest BCUT2D eigenvalue weighted by molar-refractivity contribution is 5.82. The minimum Gasteiger partial charge on any atom is -0.481 e. The molecule has 4 heteroatoms. The lowest BCUT2D eigenvalue weighted by molar-refractivity contribution is -0.163. The number of carbonyl (C=O) groups is 2. The zero-order valence-electron chi connectivity index (χ0n) is 9.26. The molecule has 0 radical (unpaired) electrons. The maximum absolute atomic E-state index is 11.8. The minimum atomic E-state index is -0.878. The molecule has 1 fully saturated rings. The number of allylic oxidation sites excluding steroid dienone is 2. The molecule has 4 nitrogen and oxygen atoms in total. The van der Waals surface area contributed by atoms with Crippen LogP contribution in [-0.4, -0.2) is 23.7 Å². The molecule has 88 valence electrons. The summed E-state index contributed by atoms with van der Waals surface area (Å²) in [5, 5.41) is 9.21. The van der Waals surface area contributed by atoms with E-state index in [0.29, 0.717) is 6.61 Å². The number of carboxylic acid groups (broad SMARTS) is 1. The highest BCUT2D eigenvalue weighted by atomic mass is 16.5. The molecule has 3 aliphatic rings. The van der Waals surface area contributed by atoms with E-state index in [1.807, 2.05) is 12.2 Å². The van der Waals surface area contributed by atoms with Crippen molar-refractivity contribution in [2.75, 3.05) is 6.61 Å². The number of fused-ring (bicyclic) bond motifs is 2. The van der Waals surface area contributed by atoms with E-state index < -0.39 is 17.8 Å². The normalized spacial score (nSPS) is 36.1. The standard InChI is InChI=1S/C12H16O4/c1-2-16-12(15)10-8-5-3-7(4-6-8)9(10)11(13)14/h3,5,7-10H,2,4,6H2,1H3,(H,13,14)/t7-,8+,9+,10-/m0/s1. The molecule has 3 rings (SSSR count). The van der Waals surface area contributed by atoms with Crippen molar-refractivity contribution < 1.29 is 19.4 Å². The van der Waals surface area contributed by atoms with Crippen molar-refractivity contribution in [3.63, 3.8) is 0 Å². The maximum atomic E-state index is 11.8. The summed E-state index contributed by atoms with van der Waals surface area (Å²) in [7, 11) is 0. The molecule has 16 heavy (non-hydrogen) atoms. The van der Waals surface area contributed by atoms with Crippen LogP contribution in [0.25, 0.3) is 0 Å². The number of carbonyl (C=O) groups excluding carboxylic acids is 1. The van der Waals surface area contributed by atoms with Gasteiger partial charge >= 0.3 is 11.9 Å². The Labute approximate surface area is 94.3 Å². The van der Waals surface area contributed by atoms with E-state index in [-0.39, 0.29) is 17.8 Å². The van der Waals surface area contributed by atoms with Crippen molar-refractivity contribution in [2.45, 2.75) is 19.8 Å². The fraction of sp³-hybridized carbons (Fsp3) is 0.667. The zero-order chi connectivity index (χ0) is 11.7. The van der Waals surface area contributed by atoms with Crippen LogP contribution in [0.4, 0.5) is 0 Å². The largest absolute Gasteiger partial charge is 0.481 e. The molecule has 0 aromatic heterocycles. The average Bonchev–Trinajstić information content (AvgIpc) is 2.29. The van der Waals surface area contributed by atoms with E-state index >= 15 is 0 Å². The van der Waals surface area contributed by atoms with Crippen LogP contribution >= 0.6 is 0 Å². The molecule has 4 atom stereocenters. The van der Waals surface area contributed by atoms with Gasteiger partial charge in [0.2, 0.25) is 0 Å². The fourth-order valence-corrected chi connectivity index (χ4v) is 2.89. The quantitative estimate of drug-likeness (QED) is 0.582. The molecule has 2 bridgehead atoms. The summed E-state index contributed by atoms with van der Waals surface area (Å²) in [6.07, 6.45) is 5.69. The molecule has 1 saturated carbocycles. The third-order valence-corrected chi connectivity index (χ3v) is 3.59. The highest BCUT2D eigenvalue weighted by Gasteiger charge is 2.48. The number of rotatable bonds is 3. The molecule has 3 aliphatic carbocycles. The monoisotopic (exact) mass is 224 g/mol. The summed E-state index contributed by atoms with van der Waals surface area (Å²) in [6, 6.07) is 0. The van der Waals surface area contributed by atoms with E-state index in [1.54, 1.807) is 6.92 Å². The lowest BCUT2D eigenvalue weighted by Gasteiger charge is -2.41. The second-order valence-corrected chi connectivity index (χ2v) is 4.43. The number of carboxylic acids is 1. The zero-order valence-corrected chi connectivity index (χ0v) is 9.26. The van der Waals surface area contributed by atoms with Gasteiger partial charge < -0.3 is 9.84 Å². The molecule has 0 heterocycles. The van der Waals surface area contributed by atoms with Crippen molar-refractivity contribution in [1.82, 2.24) is 0 Å². The SMILES string of the molecule is CCOC(=O)[C@@H]1[C@H](C(=O)O)[C@H]2C=C[C@@H]1CC2. The number of hydrogen-bond donors (Lipinski definition) is 1. The Bertz CT molecular complexity index is 334. The van der Waals surface area contributed by atoms with Gasteiger partial charge in [0.25, 0.3) is 0 Å². The van der Waals surface area contributed by atoms with Crippen molar-refractivity contribution in [3.8, 4) is 0 Å². The molecular weight excluding hydrogens is 208 g/mol. The van der Waals surface area contributed by atoms with E-state index in [0.717, 1.165) is 12.8 Å². The summed E-state index contributed by atoms with van der Waals surface area (Å²) in [6.45, 7) is 2.05. The van der Waals surface area contributed by atoms with E-state index in [9.17, 15) is 14.7 Å². The summed E-state index contributed by atoms with van der Waals surface area (Å²) in [4.78, 5) is 23.0. The van der Waals surface area contributed by atoms with Gasteiger partial charge in [-0.15, -0.1) is 0 Å². The summed E-state index contributed by atoms with van der Waals surface area (Å²) in [5.74, 6) is -2.27. The van der Waals surface area contributed by atoms with Crippen LogP contribution < -0.4 is 0 Å². The van der Waals surface area contributed by atoms with Crippen molar-refractivity contribution in [3.05, 3.63) is 12.2 Å². The van der Waals surface area contributed by atoms with Crippen LogP contribution in [-0.2, 0) is 14.3 Å². The predicted octanol–water partition coefficient (Wildman–Crippen LogP) is 1.46. The molecule has 1 N–H and O–H groups in total. The summed E-state index contributed by atoms with van der Waals surface area (Å²) < 4.78 is 4.98. The van der Waals surface area contributed by atoms with Crippen LogP contribution in [0.2, 0.25) is 0 Å². The number of esters is 1. The highest BCUT2D eigenvalue weighted by Crippen LogP contribution is 2.45. The topological polar surface area (TPSA) is 63.6 Å². The summed E-state index contributed by atoms with van der Waals surface area (Å²) >= 11 is 0. The maximum Gasteiger partial charge on any atom is 0.310 e. The molecule has 0 spiro atoms. The Morgan fingerprint density at radius 2 is 1.81 bits per heavy atom. The molecule has 0 aromatic rings. The van der Waals surface area contributed by atoms with Crippen LogP contribution in [0, 0.1) is 23.7 Å². The van der Waals surface area contributed by atoms with E-state index in [4.69, 9.17) is 4.74 Å². The van der Waals surface area contributed by atoms with E-state index in [2.05, 4.69) is 0 Å². The van der Waals surface area contributed by atoms with Gasteiger partial charge in [0.1, 0.15) is 0 Å². The van der Waals surface area contributed by atoms with Gasteiger partial charge in [-0.05, 0) is 31.6 Å². The van der Waals surface area contributed by atoms with Gasteiger partial charge in [-0.3, -0.25) is 9.59 Å². The second-order valence-electron chi connectivity index (χ2n) is 4.43. The first-order valence-corrected chi connectivity index (χ1v) is 5.73. The van der Waals surface area contributed by atoms with Gasteiger partial charge in [0.05, 0.1) is 18.4 Å². The van der Waals surface area contributed by atoms with Crippen LogP contribution in [0.1, 0.15) is 19.8 Å². The third-order valence-electron chi connectivity index (χ3n) is 3.59. The number of hydrogen-bond acceptors (Lipinski definition) is 3. The molecule has 0 amide bonds. The Morgan fingerprint density at radius 3 is 2.25 bits per heavy atom. The van der Waals surface area contributed by atoms with Crippen molar-refractivity contribution in [1.29, 1.82) is 0 Å². The van der Waals surface area contributed by atoms with Crippen LogP contribution in [0.5, 0.6) is 0 Å². The van der Waals surface area contributed by atoms with Gasteiger partial charge in [-0.25, -0.2) is 0 Å². The second kappa shape index (κ2) is 4.28. The number of aliphatic carboxylic acids is 1. The predicted molar refractivity (Wildman–Crippen MR) is 56.6 cm³/mol. The first kappa shape index (κ1) is 11.2. The Kier molecular flexibility index (Phi) is 2.99.